The zero-order valence-corrected chi connectivity index (χ0v) is 37.5. The van der Waals surface area contributed by atoms with Crippen LogP contribution in [0.4, 0.5) is 17.3 Å². The van der Waals surface area contributed by atoms with Crippen LogP contribution in [-0.2, 0) is 5.41 Å². The Morgan fingerprint density at radius 3 is 1.45 bits per heavy atom. The molecule has 14 rings (SSSR count). The van der Waals surface area contributed by atoms with Gasteiger partial charge in [0.2, 0.25) is 5.95 Å². The van der Waals surface area contributed by atoms with Crippen molar-refractivity contribution in [3.05, 3.63) is 277 Å². The second-order valence-corrected chi connectivity index (χ2v) is 18.1. The molecule has 4 nitrogen and oxygen atoms in total. The zero-order chi connectivity index (χ0) is 45.5. The van der Waals surface area contributed by atoms with E-state index in [1.165, 1.54) is 77.4 Å². The minimum absolute atomic E-state index is 0.628. The third kappa shape index (κ3) is 5.95. The Morgan fingerprint density at radius 2 is 0.783 bits per heavy atom. The van der Waals surface area contributed by atoms with Crippen LogP contribution in [-0.4, -0.2) is 14.5 Å². The molecule has 0 fully saturated rings. The maximum absolute atomic E-state index is 5.40. The molecule has 0 saturated carbocycles. The number of hydrogen-bond donors (Lipinski definition) is 0. The van der Waals surface area contributed by atoms with Gasteiger partial charge in [0.15, 0.2) is 0 Å². The molecule has 1 aliphatic carbocycles. The van der Waals surface area contributed by atoms with Crippen molar-refractivity contribution in [2.45, 2.75) is 5.41 Å². The molecule has 1 spiro atoms. The molecule has 4 heteroatoms. The fraction of sp³-hybridized carbons (Fsp3) is 0.0154. The smallest absolute Gasteiger partial charge is 0.235 e. The van der Waals surface area contributed by atoms with Gasteiger partial charge in [0, 0.05) is 27.6 Å². The van der Waals surface area contributed by atoms with Gasteiger partial charge in [-0.1, -0.05) is 200 Å². The number of hydrogen-bond acceptors (Lipinski definition) is 3. The predicted molar refractivity (Wildman–Crippen MR) is 284 cm³/mol. The molecule has 0 radical (unpaired) electrons. The molecule has 10 aromatic carbocycles. The van der Waals surface area contributed by atoms with E-state index in [-0.39, 0.29) is 0 Å². The van der Waals surface area contributed by atoms with Gasteiger partial charge < -0.3 is 4.57 Å². The molecular formula is C65H42N4. The molecule has 1 aliphatic heterocycles. The van der Waals surface area contributed by atoms with Gasteiger partial charge in [-0.2, -0.15) is 0 Å². The Kier molecular flexibility index (Phi) is 8.77. The van der Waals surface area contributed by atoms with Crippen LogP contribution in [0.5, 0.6) is 0 Å². The van der Waals surface area contributed by atoms with E-state index < -0.39 is 5.41 Å². The van der Waals surface area contributed by atoms with Crippen LogP contribution in [0.25, 0.3) is 83.4 Å². The van der Waals surface area contributed by atoms with Gasteiger partial charge in [-0.15, -0.1) is 0 Å². The maximum Gasteiger partial charge on any atom is 0.235 e. The van der Waals surface area contributed by atoms with Crippen molar-refractivity contribution in [3.63, 3.8) is 0 Å². The first-order chi connectivity index (χ1) is 34.2. The first-order valence-electron chi connectivity index (χ1n) is 23.7. The second kappa shape index (κ2) is 15.5. The summed E-state index contributed by atoms with van der Waals surface area (Å²) < 4.78 is 2.40. The minimum atomic E-state index is -0.628. The molecule has 69 heavy (non-hydrogen) atoms. The molecule has 0 bridgehead atoms. The van der Waals surface area contributed by atoms with E-state index in [0.717, 1.165) is 39.6 Å². The van der Waals surface area contributed by atoms with E-state index >= 15 is 0 Å². The van der Waals surface area contributed by atoms with E-state index in [1.807, 2.05) is 12.1 Å². The fourth-order valence-electron chi connectivity index (χ4n) is 11.4. The van der Waals surface area contributed by atoms with Gasteiger partial charge in [-0.3, -0.25) is 4.90 Å². The molecule has 2 aromatic heterocycles. The highest BCUT2D eigenvalue weighted by molar-refractivity contribution is 6.10. The number of para-hydroxylation sites is 3. The van der Waals surface area contributed by atoms with Crippen LogP contribution in [0.2, 0.25) is 0 Å². The Hall–Kier alpha value is -9.12. The summed E-state index contributed by atoms with van der Waals surface area (Å²) >= 11 is 0. The topological polar surface area (TPSA) is 34.0 Å². The molecule has 0 unspecified atom stereocenters. The third-order valence-electron chi connectivity index (χ3n) is 14.4. The van der Waals surface area contributed by atoms with Gasteiger partial charge in [0.25, 0.3) is 0 Å². The van der Waals surface area contributed by atoms with Gasteiger partial charge in [-0.05, 0) is 110 Å². The summed E-state index contributed by atoms with van der Waals surface area (Å²) in [5, 5.41) is 2.46. The first-order valence-corrected chi connectivity index (χ1v) is 23.7. The van der Waals surface area contributed by atoms with Crippen LogP contribution in [0, 0.1) is 0 Å². The van der Waals surface area contributed by atoms with Crippen molar-refractivity contribution in [1.82, 2.24) is 14.5 Å². The average Bonchev–Trinajstić information content (AvgIpc) is 3.91. The summed E-state index contributed by atoms with van der Waals surface area (Å²) in [6.07, 6.45) is 0. The van der Waals surface area contributed by atoms with Crippen molar-refractivity contribution in [3.8, 4) is 61.6 Å². The standard InChI is InChI=1S/C65H42N4/c1-4-18-43(19-5-1)44-32-36-49(37-33-44)68-60-29-15-11-25-52(60)53-40-47(35-39-61(53)68)48-34-38-51-50-24-10-12-26-54(50)65(57(51)41-48)55-27-13-16-30-62(55)69(63-31-17-14-28-56(63)65)64-66-58(45-20-6-2-7-21-45)42-59(67-64)46-22-8-3-9-23-46/h1-42H. The molecule has 0 N–H and O–H groups in total. The van der Waals surface area contributed by atoms with Gasteiger partial charge in [-0.25, -0.2) is 9.97 Å². The Labute approximate surface area is 400 Å². The first kappa shape index (κ1) is 39.1. The molecule has 0 amide bonds. The lowest BCUT2D eigenvalue weighted by Gasteiger charge is -2.44. The van der Waals surface area contributed by atoms with Crippen molar-refractivity contribution in [2.75, 3.05) is 4.90 Å². The summed E-state index contributed by atoms with van der Waals surface area (Å²) in [5.74, 6) is 0.629. The largest absolute Gasteiger partial charge is 0.309 e. The molecule has 12 aromatic rings. The number of rotatable bonds is 6. The lowest BCUT2D eigenvalue weighted by molar-refractivity contribution is 0.750. The van der Waals surface area contributed by atoms with Crippen molar-refractivity contribution >= 4 is 39.1 Å². The maximum atomic E-state index is 5.40. The Bertz CT molecular complexity index is 3840. The SMILES string of the molecule is c1ccc(-c2ccc(-n3c4ccccc4c4cc(-c5ccc6c(c5)C5(c7ccccc7-6)c6ccccc6N(c6nc(-c7ccccc7)cc(-c7ccccc7)n6)c6ccccc65)ccc43)cc2)cc1. The van der Waals surface area contributed by atoms with Crippen LogP contribution >= 0.6 is 0 Å². The molecule has 2 aliphatic rings. The quantitative estimate of drug-likeness (QED) is 0.167. The lowest BCUT2D eigenvalue weighted by Crippen LogP contribution is -2.36. The summed E-state index contributed by atoms with van der Waals surface area (Å²) in [6, 6.07) is 92.3. The normalized spacial score (nSPS) is 13.0. The number of aromatic nitrogens is 3. The van der Waals surface area contributed by atoms with Crippen molar-refractivity contribution in [1.29, 1.82) is 0 Å². The van der Waals surface area contributed by atoms with Crippen molar-refractivity contribution < 1.29 is 0 Å². The zero-order valence-electron chi connectivity index (χ0n) is 37.5. The second-order valence-electron chi connectivity index (χ2n) is 18.1. The molecule has 3 heterocycles. The third-order valence-corrected chi connectivity index (χ3v) is 14.4. The monoisotopic (exact) mass is 878 g/mol. The van der Waals surface area contributed by atoms with E-state index in [2.05, 4.69) is 252 Å². The van der Waals surface area contributed by atoms with Crippen LogP contribution < -0.4 is 4.90 Å². The Morgan fingerprint density at radius 1 is 0.304 bits per heavy atom. The van der Waals surface area contributed by atoms with Gasteiger partial charge in [0.1, 0.15) is 0 Å². The molecular weight excluding hydrogens is 837 g/mol. The molecule has 0 saturated heterocycles. The van der Waals surface area contributed by atoms with E-state index in [4.69, 9.17) is 9.97 Å². The van der Waals surface area contributed by atoms with E-state index in [9.17, 15) is 0 Å². The predicted octanol–water partition coefficient (Wildman–Crippen LogP) is 16.4. The summed E-state index contributed by atoms with van der Waals surface area (Å²) in [5.41, 5.74) is 21.0. The minimum Gasteiger partial charge on any atom is -0.309 e. The number of nitrogens with zero attached hydrogens (tertiary/aromatic N) is 4. The number of benzene rings is 10. The van der Waals surface area contributed by atoms with E-state index in [0.29, 0.717) is 5.95 Å². The fourth-order valence-corrected chi connectivity index (χ4v) is 11.4. The van der Waals surface area contributed by atoms with Crippen LogP contribution in [0.3, 0.4) is 0 Å². The highest BCUT2D eigenvalue weighted by Gasteiger charge is 2.52. The van der Waals surface area contributed by atoms with Crippen LogP contribution in [0.15, 0.2) is 255 Å². The van der Waals surface area contributed by atoms with Gasteiger partial charge >= 0.3 is 0 Å². The van der Waals surface area contributed by atoms with Crippen LogP contribution in [0.1, 0.15) is 22.3 Å². The molecule has 322 valence electrons. The molecule has 0 atom stereocenters. The summed E-state index contributed by atoms with van der Waals surface area (Å²) in [6.45, 7) is 0. The summed E-state index contributed by atoms with van der Waals surface area (Å²) in [7, 11) is 0. The number of fused-ring (bicyclic) bond motifs is 12. The number of anilines is 3. The highest BCUT2D eigenvalue weighted by Crippen LogP contribution is 2.63. The average molecular weight is 879 g/mol. The van der Waals surface area contributed by atoms with Crippen molar-refractivity contribution in [2.24, 2.45) is 0 Å². The Balaban J connectivity index is 0.953. The lowest BCUT2D eigenvalue weighted by atomic mass is 9.64. The summed E-state index contributed by atoms with van der Waals surface area (Å²) in [4.78, 5) is 13.1. The van der Waals surface area contributed by atoms with Gasteiger partial charge in [0.05, 0.1) is 39.2 Å². The highest BCUT2D eigenvalue weighted by atomic mass is 15.3. The van der Waals surface area contributed by atoms with E-state index in [1.54, 1.807) is 0 Å².